The van der Waals surface area contributed by atoms with E-state index in [0.29, 0.717) is 6.42 Å². The van der Waals surface area contributed by atoms with Crippen LogP contribution in [-0.4, -0.2) is 35.0 Å². The van der Waals surface area contributed by atoms with E-state index in [4.69, 9.17) is 4.74 Å². The highest BCUT2D eigenvalue weighted by Gasteiger charge is 2.48. The van der Waals surface area contributed by atoms with Gasteiger partial charge in [0.2, 0.25) is 0 Å². The highest BCUT2D eigenvalue weighted by Crippen LogP contribution is 2.42. The van der Waals surface area contributed by atoms with E-state index in [9.17, 15) is 9.59 Å². The number of H-pyrrole nitrogens is 1. The van der Waals surface area contributed by atoms with E-state index in [1.54, 1.807) is 12.0 Å². The molecule has 0 saturated carbocycles. The molecule has 0 unspecified atom stereocenters. The first-order valence-corrected chi connectivity index (χ1v) is 8.54. The third kappa shape index (κ3) is 1.98. The summed E-state index contributed by atoms with van der Waals surface area (Å²) in [5.41, 5.74) is 4.03. The predicted molar refractivity (Wildman–Crippen MR) is 96.0 cm³/mol. The number of nitrogens with zero attached hydrogens (tertiary/aromatic N) is 1. The van der Waals surface area contributed by atoms with Crippen LogP contribution in [0.4, 0.5) is 4.79 Å². The van der Waals surface area contributed by atoms with E-state index in [-0.39, 0.29) is 18.0 Å². The van der Waals surface area contributed by atoms with Crippen LogP contribution in [0.1, 0.15) is 22.9 Å². The Balaban J connectivity index is 1.74. The van der Waals surface area contributed by atoms with Gasteiger partial charge in [-0.2, -0.15) is 0 Å². The smallest absolute Gasteiger partial charge is 0.325 e. The number of hydrogen-bond donors (Lipinski definition) is 2. The van der Waals surface area contributed by atoms with Gasteiger partial charge in [0.25, 0.3) is 5.91 Å². The van der Waals surface area contributed by atoms with Crippen LogP contribution >= 0.6 is 0 Å². The molecule has 1 aromatic heterocycles. The highest BCUT2D eigenvalue weighted by atomic mass is 16.5. The molecule has 1 saturated heterocycles. The topological polar surface area (TPSA) is 74.4 Å². The fraction of sp³-hybridized carbons (Fsp3) is 0.200. The second-order valence-corrected chi connectivity index (χ2v) is 6.66. The lowest BCUT2D eigenvalue weighted by Crippen LogP contribution is -2.44. The van der Waals surface area contributed by atoms with E-state index in [1.165, 1.54) is 0 Å². The molecular weight excluding hydrogens is 330 g/mol. The minimum atomic E-state index is -0.485. The van der Waals surface area contributed by atoms with Crippen LogP contribution in [0.15, 0.2) is 48.5 Å². The summed E-state index contributed by atoms with van der Waals surface area (Å²) in [5.74, 6) is 0.518. The van der Waals surface area contributed by atoms with Crippen molar-refractivity contribution in [2.75, 3.05) is 7.11 Å². The Labute approximate surface area is 149 Å². The quantitative estimate of drug-likeness (QED) is 0.700. The molecule has 5 rings (SSSR count). The van der Waals surface area contributed by atoms with Crippen molar-refractivity contribution in [2.45, 2.75) is 18.5 Å². The minimum absolute atomic E-state index is 0.232. The second-order valence-electron chi connectivity index (χ2n) is 6.66. The van der Waals surface area contributed by atoms with Crippen molar-refractivity contribution in [1.29, 1.82) is 0 Å². The van der Waals surface area contributed by atoms with E-state index >= 15 is 0 Å². The molecule has 0 bridgehead atoms. The van der Waals surface area contributed by atoms with Crippen LogP contribution in [0.25, 0.3) is 10.9 Å². The monoisotopic (exact) mass is 347 g/mol. The number of rotatable bonds is 2. The van der Waals surface area contributed by atoms with E-state index in [2.05, 4.69) is 16.4 Å². The number of imide groups is 1. The van der Waals surface area contributed by atoms with Crippen LogP contribution in [0.3, 0.4) is 0 Å². The fourth-order valence-electron chi connectivity index (χ4n) is 4.13. The normalized spacial score (nSPS) is 21.5. The number of nitrogens with one attached hydrogen (secondary N) is 2. The third-order valence-corrected chi connectivity index (χ3v) is 5.33. The van der Waals surface area contributed by atoms with Crippen molar-refractivity contribution < 1.29 is 14.3 Å². The number of benzene rings is 2. The molecule has 3 aromatic rings. The van der Waals surface area contributed by atoms with Gasteiger partial charge in [0.1, 0.15) is 17.8 Å². The number of aromatic amines is 1. The Morgan fingerprint density at radius 3 is 2.62 bits per heavy atom. The zero-order chi connectivity index (χ0) is 17.8. The summed E-state index contributed by atoms with van der Waals surface area (Å²) in [5, 5.41) is 3.57. The van der Waals surface area contributed by atoms with Crippen LogP contribution in [-0.2, 0) is 11.2 Å². The molecule has 2 N–H and O–H groups in total. The second kappa shape index (κ2) is 5.36. The molecule has 2 aliphatic rings. The van der Waals surface area contributed by atoms with Crippen molar-refractivity contribution in [2.24, 2.45) is 0 Å². The van der Waals surface area contributed by atoms with Crippen LogP contribution in [0, 0.1) is 0 Å². The minimum Gasteiger partial charge on any atom is -0.497 e. The molecule has 2 atom stereocenters. The zero-order valence-electron chi connectivity index (χ0n) is 14.2. The molecule has 26 heavy (non-hydrogen) atoms. The maximum atomic E-state index is 12.5. The van der Waals surface area contributed by atoms with E-state index in [0.717, 1.165) is 33.5 Å². The van der Waals surface area contributed by atoms with Crippen molar-refractivity contribution >= 4 is 22.8 Å². The van der Waals surface area contributed by atoms with Gasteiger partial charge in [0.05, 0.1) is 7.11 Å². The number of para-hydroxylation sites is 1. The van der Waals surface area contributed by atoms with Gasteiger partial charge < -0.3 is 9.72 Å². The number of hydrogen-bond acceptors (Lipinski definition) is 3. The molecule has 2 aliphatic heterocycles. The van der Waals surface area contributed by atoms with Crippen molar-refractivity contribution in [3.05, 3.63) is 65.4 Å². The maximum Gasteiger partial charge on any atom is 0.325 e. The Morgan fingerprint density at radius 1 is 1.08 bits per heavy atom. The van der Waals surface area contributed by atoms with Crippen LogP contribution < -0.4 is 10.1 Å². The third-order valence-electron chi connectivity index (χ3n) is 5.33. The van der Waals surface area contributed by atoms with Gasteiger partial charge in [-0.3, -0.25) is 15.0 Å². The standard InChI is InChI=1S/C20H17N3O3/c1-26-12-8-6-11(7-9-12)18-17-14(13-4-2-3-5-15(13)21-17)10-16-19(24)22-20(25)23(16)18/h2-9,16,18,21H,10H2,1H3,(H,22,24,25)/t16-,18+/m1/s1. The average molecular weight is 347 g/mol. The molecule has 0 radical (unpaired) electrons. The van der Waals surface area contributed by atoms with Gasteiger partial charge in [-0.05, 0) is 29.3 Å². The summed E-state index contributed by atoms with van der Waals surface area (Å²) >= 11 is 0. The summed E-state index contributed by atoms with van der Waals surface area (Å²) in [6.07, 6.45) is 0.517. The predicted octanol–water partition coefficient (Wildman–Crippen LogP) is 2.74. The highest BCUT2D eigenvalue weighted by molar-refractivity contribution is 6.05. The van der Waals surface area contributed by atoms with Crippen LogP contribution in [0.2, 0.25) is 0 Å². The van der Waals surface area contributed by atoms with Gasteiger partial charge >= 0.3 is 6.03 Å². The number of ether oxygens (including phenoxy) is 1. The Hall–Kier alpha value is -3.28. The van der Waals surface area contributed by atoms with Gasteiger partial charge in [0, 0.05) is 23.0 Å². The number of carbonyl (C=O) groups excluding carboxylic acids is 2. The molecule has 6 nitrogen and oxygen atoms in total. The Kier molecular flexibility index (Phi) is 3.09. The molecule has 3 amide bonds. The molecule has 2 aromatic carbocycles. The molecule has 0 spiro atoms. The van der Waals surface area contributed by atoms with Gasteiger partial charge in [-0.15, -0.1) is 0 Å². The average Bonchev–Trinajstić information content (AvgIpc) is 3.18. The summed E-state index contributed by atoms with van der Waals surface area (Å²) in [7, 11) is 1.62. The molecule has 130 valence electrons. The first-order chi connectivity index (χ1) is 12.7. The summed E-state index contributed by atoms with van der Waals surface area (Å²) in [6.45, 7) is 0. The van der Waals surface area contributed by atoms with Gasteiger partial charge in [-0.25, -0.2) is 4.79 Å². The largest absolute Gasteiger partial charge is 0.497 e. The van der Waals surface area contributed by atoms with Gasteiger partial charge in [-0.1, -0.05) is 30.3 Å². The summed E-state index contributed by atoms with van der Waals surface area (Å²) in [6, 6.07) is 14.5. The number of fused-ring (bicyclic) bond motifs is 4. The summed E-state index contributed by atoms with van der Waals surface area (Å²) in [4.78, 5) is 30.0. The van der Waals surface area contributed by atoms with Crippen molar-refractivity contribution in [3.63, 3.8) is 0 Å². The lowest BCUT2D eigenvalue weighted by atomic mass is 9.89. The number of aromatic nitrogens is 1. The Morgan fingerprint density at radius 2 is 1.85 bits per heavy atom. The van der Waals surface area contributed by atoms with Crippen molar-refractivity contribution in [1.82, 2.24) is 15.2 Å². The SMILES string of the molecule is COc1ccc([C@H]2c3[nH]c4ccccc4c3C[C@@H]3C(=O)NC(=O)N23)cc1. The Bertz CT molecular complexity index is 1040. The first kappa shape index (κ1) is 15.0. The van der Waals surface area contributed by atoms with E-state index in [1.807, 2.05) is 42.5 Å². The summed E-state index contributed by atoms with van der Waals surface area (Å²) < 4.78 is 5.24. The van der Waals surface area contributed by atoms with Gasteiger partial charge in [0.15, 0.2) is 0 Å². The zero-order valence-corrected chi connectivity index (χ0v) is 14.2. The van der Waals surface area contributed by atoms with E-state index < -0.39 is 6.04 Å². The number of methoxy groups -OCH3 is 1. The number of carbonyl (C=O) groups is 2. The van der Waals surface area contributed by atoms with Crippen molar-refractivity contribution in [3.8, 4) is 5.75 Å². The first-order valence-electron chi connectivity index (χ1n) is 8.54. The lowest BCUT2D eigenvalue weighted by molar-refractivity contribution is -0.121. The maximum absolute atomic E-state index is 12.5. The number of urea groups is 1. The molecule has 0 aliphatic carbocycles. The lowest BCUT2D eigenvalue weighted by Gasteiger charge is -2.36. The molecule has 1 fully saturated rings. The molecule has 3 heterocycles. The number of amides is 3. The fourth-order valence-corrected chi connectivity index (χ4v) is 4.13. The molecule has 6 heteroatoms. The molecular formula is C20H17N3O3. The van der Waals surface area contributed by atoms with Crippen LogP contribution in [0.5, 0.6) is 5.75 Å².